The fourth-order valence-corrected chi connectivity index (χ4v) is 3.63. The second kappa shape index (κ2) is 2.94. The van der Waals surface area contributed by atoms with Gasteiger partial charge in [-0.3, -0.25) is 0 Å². The third-order valence-corrected chi connectivity index (χ3v) is 3.90. The van der Waals surface area contributed by atoms with Crippen molar-refractivity contribution >= 4 is 42.7 Å². The molecule has 11 heavy (non-hydrogen) atoms. The lowest BCUT2D eigenvalue weighted by Crippen LogP contribution is -1.86. The Morgan fingerprint density at radius 1 is 1.55 bits per heavy atom. The van der Waals surface area contributed by atoms with Gasteiger partial charge in [0.15, 0.2) is 0 Å². The van der Waals surface area contributed by atoms with Gasteiger partial charge < -0.3 is 0 Å². The molecule has 0 amide bonds. The first kappa shape index (κ1) is 9.32. The minimum absolute atomic E-state index is 0.00309. The Bertz CT molecular complexity index is 366. The van der Waals surface area contributed by atoms with Crippen LogP contribution in [0.1, 0.15) is 4.88 Å². The number of thiophene rings is 1. The molecule has 0 N–H and O–H groups in total. The van der Waals surface area contributed by atoms with Gasteiger partial charge in [-0.15, -0.1) is 11.3 Å². The Balaban J connectivity index is 3.36. The van der Waals surface area contributed by atoms with Crippen LogP contribution in [-0.2, 0) is 9.05 Å². The molecule has 1 heterocycles. The van der Waals surface area contributed by atoms with Crippen LogP contribution in [-0.4, -0.2) is 8.42 Å². The van der Waals surface area contributed by atoms with Gasteiger partial charge in [-0.05, 0) is 13.0 Å². The second-order valence-electron chi connectivity index (χ2n) is 1.93. The van der Waals surface area contributed by atoms with Crippen molar-refractivity contribution in [3.8, 4) is 0 Å². The minimum Gasteiger partial charge on any atom is -0.207 e. The topological polar surface area (TPSA) is 34.1 Å². The number of rotatable bonds is 1. The number of halogens is 2. The lowest BCUT2D eigenvalue weighted by Gasteiger charge is -1.87. The first-order valence-electron chi connectivity index (χ1n) is 2.62. The van der Waals surface area contributed by atoms with Gasteiger partial charge in [0.1, 0.15) is 9.23 Å². The maximum absolute atomic E-state index is 10.8. The summed E-state index contributed by atoms with van der Waals surface area (Å²) in [6, 6.07) is 1.45. The van der Waals surface area contributed by atoms with Crippen LogP contribution in [0.2, 0.25) is 4.34 Å². The molecule has 6 heteroatoms. The van der Waals surface area contributed by atoms with E-state index in [1.807, 2.05) is 0 Å². The predicted molar refractivity (Wildman–Crippen MR) is 47.1 cm³/mol. The van der Waals surface area contributed by atoms with Crippen molar-refractivity contribution in [3.63, 3.8) is 0 Å². The van der Waals surface area contributed by atoms with Gasteiger partial charge in [0, 0.05) is 15.6 Å². The molecule has 2 nitrogen and oxygen atoms in total. The highest BCUT2D eigenvalue weighted by molar-refractivity contribution is 8.14. The summed E-state index contributed by atoms with van der Waals surface area (Å²) < 4.78 is 21.7. The fourth-order valence-electron chi connectivity index (χ4n) is 0.629. The average Bonchev–Trinajstić information content (AvgIpc) is 2.08. The highest BCUT2D eigenvalue weighted by Gasteiger charge is 2.16. The number of aryl methyl sites for hydroxylation is 1. The van der Waals surface area contributed by atoms with Crippen molar-refractivity contribution in [1.29, 1.82) is 0 Å². The van der Waals surface area contributed by atoms with Crippen molar-refractivity contribution < 1.29 is 8.42 Å². The van der Waals surface area contributed by atoms with E-state index in [9.17, 15) is 8.42 Å². The Labute approximate surface area is 78.2 Å². The summed E-state index contributed by atoms with van der Waals surface area (Å²) in [6.45, 7) is 1.77. The molecule has 0 bridgehead atoms. The standard InChI is InChI=1S/C5H4Cl2O2S2/c1-3-2-4(5(6)10-3)11(7,8)9/h2H,1H3. The van der Waals surface area contributed by atoms with Crippen LogP contribution in [0.5, 0.6) is 0 Å². The summed E-state index contributed by atoms with van der Waals surface area (Å²) in [4.78, 5) is 0.831. The molecule has 0 aromatic carbocycles. The van der Waals surface area contributed by atoms with Gasteiger partial charge in [-0.25, -0.2) is 8.42 Å². The van der Waals surface area contributed by atoms with Crippen LogP contribution in [0.4, 0.5) is 0 Å². The van der Waals surface area contributed by atoms with Crippen molar-refractivity contribution in [2.75, 3.05) is 0 Å². The van der Waals surface area contributed by atoms with Crippen LogP contribution >= 0.6 is 33.6 Å². The molecule has 0 saturated heterocycles. The van der Waals surface area contributed by atoms with Crippen molar-refractivity contribution in [2.24, 2.45) is 0 Å². The van der Waals surface area contributed by atoms with Gasteiger partial charge in [0.05, 0.1) is 0 Å². The van der Waals surface area contributed by atoms with Crippen molar-refractivity contribution in [3.05, 3.63) is 15.3 Å². The van der Waals surface area contributed by atoms with Gasteiger partial charge in [-0.2, -0.15) is 0 Å². The monoisotopic (exact) mass is 230 g/mol. The molecule has 62 valence electrons. The van der Waals surface area contributed by atoms with E-state index in [1.54, 1.807) is 6.92 Å². The Morgan fingerprint density at radius 3 is 2.27 bits per heavy atom. The smallest absolute Gasteiger partial charge is 0.207 e. The zero-order valence-corrected chi connectivity index (χ0v) is 8.61. The van der Waals surface area contributed by atoms with E-state index in [0.717, 1.165) is 4.88 Å². The summed E-state index contributed by atoms with van der Waals surface area (Å²) in [6.07, 6.45) is 0. The molecule has 0 radical (unpaired) electrons. The third-order valence-electron chi connectivity index (χ3n) is 1.04. The van der Waals surface area contributed by atoms with E-state index >= 15 is 0 Å². The number of hydrogen-bond donors (Lipinski definition) is 0. The summed E-state index contributed by atoms with van der Waals surface area (Å²) >= 11 is 6.78. The number of hydrogen-bond acceptors (Lipinski definition) is 3. The van der Waals surface area contributed by atoms with Crippen molar-refractivity contribution in [1.82, 2.24) is 0 Å². The summed E-state index contributed by atoms with van der Waals surface area (Å²) in [5.41, 5.74) is 0. The highest BCUT2D eigenvalue weighted by atomic mass is 35.7. The van der Waals surface area contributed by atoms with E-state index in [4.69, 9.17) is 22.3 Å². The molecule has 0 aliphatic rings. The van der Waals surface area contributed by atoms with Crippen LogP contribution in [0.25, 0.3) is 0 Å². The fraction of sp³-hybridized carbons (Fsp3) is 0.200. The van der Waals surface area contributed by atoms with Gasteiger partial charge in [0.2, 0.25) is 0 Å². The summed E-state index contributed by atoms with van der Waals surface area (Å²) in [5.74, 6) is 0. The van der Waals surface area contributed by atoms with E-state index in [2.05, 4.69) is 0 Å². The van der Waals surface area contributed by atoms with Crippen LogP contribution in [0.15, 0.2) is 11.0 Å². The molecule has 0 fully saturated rings. The summed E-state index contributed by atoms with van der Waals surface area (Å²) in [7, 11) is 1.41. The maximum Gasteiger partial charge on any atom is 0.263 e. The molecule has 0 saturated carbocycles. The Hall–Kier alpha value is 0.230. The zero-order valence-electron chi connectivity index (χ0n) is 5.47. The average molecular weight is 231 g/mol. The van der Waals surface area contributed by atoms with Gasteiger partial charge >= 0.3 is 0 Å². The molecular formula is C5H4Cl2O2S2. The lowest BCUT2D eigenvalue weighted by atomic mass is 10.5. The molecule has 1 aromatic heterocycles. The molecule has 0 spiro atoms. The lowest BCUT2D eigenvalue weighted by molar-refractivity contribution is 0.610. The van der Waals surface area contributed by atoms with E-state index in [0.29, 0.717) is 0 Å². The SMILES string of the molecule is Cc1cc(S(=O)(=O)Cl)c(Cl)s1. The molecule has 1 rings (SSSR count). The quantitative estimate of drug-likeness (QED) is 0.696. The normalized spacial score (nSPS) is 11.9. The van der Waals surface area contributed by atoms with E-state index in [-0.39, 0.29) is 9.23 Å². The Morgan fingerprint density at radius 2 is 2.09 bits per heavy atom. The molecule has 1 aromatic rings. The van der Waals surface area contributed by atoms with Gasteiger partial charge in [0.25, 0.3) is 9.05 Å². The van der Waals surface area contributed by atoms with E-state index < -0.39 is 9.05 Å². The highest BCUT2D eigenvalue weighted by Crippen LogP contribution is 2.32. The third kappa shape index (κ3) is 2.08. The minimum atomic E-state index is -3.66. The Kier molecular flexibility index (Phi) is 2.49. The maximum atomic E-state index is 10.8. The van der Waals surface area contributed by atoms with E-state index in [1.165, 1.54) is 17.4 Å². The van der Waals surface area contributed by atoms with Crippen molar-refractivity contribution in [2.45, 2.75) is 11.8 Å². The largest absolute Gasteiger partial charge is 0.263 e. The first-order chi connectivity index (χ1) is 4.91. The van der Waals surface area contributed by atoms with Crippen LogP contribution < -0.4 is 0 Å². The van der Waals surface area contributed by atoms with Crippen LogP contribution in [0.3, 0.4) is 0 Å². The van der Waals surface area contributed by atoms with Crippen LogP contribution in [0, 0.1) is 6.92 Å². The molecule has 0 aliphatic heterocycles. The predicted octanol–water partition coefficient (Wildman–Crippen LogP) is 2.64. The van der Waals surface area contributed by atoms with Gasteiger partial charge in [-0.1, -0.05) is 11.6 Å². The zero-order chi connectivity index (χ0) is 8.65. The summed E-state index contributed by atoms with van der Waals surface area (Å²) in [5, 5.41) is 0. The molecular weight excluding hydrogens is 227 g/mol. The molecule has 0 unspecified atom stereocenters. The first-order valence-corrected chi connectivity index (χ1v) is 6.12. The molecule has 0 aliphatic carbocycles. The second-order valence-corrected chi connectivity index (χ2v) is 6.33. The molecule has 0 atom stereocenters.